The van der Waals surface area contributed by atoms with Crippen LogP contribution in [0, 0.1) is 12.7 Å². The van der Waals surface area contributed by atoms with E-state index in [0.717, 1.165) is 11.8 Å². The van der Waals surface area contributed by atoms with Crippen LogP contribution in [-0.2, 0) is 6.18 Å². The average molecular weight is 569 g/mol. The first-order chi connectivity index (χ1) is 19.1. The first-order valence-corrected chi connectivity index (χ1v) is 14.5. The molecule has 3 aromatic carbocycles. The second kappa shape index (κ2) is 10.7. The van der Waals surface area contributed by atoms with Crippen molar-refractivity contribution in [3.8, 4) is 5.69 Å². The highest BCUT2D eigenvalue weighted by Crippen LogP contribution is 2.62. The van der Waals surface area contributed by atoms with Crippen molar-refractivity contribution in [1.29, 1.82) is 0 Å². The molecule has 4 aromatic rings. The standard InChI is InChI=1S/C29H29F4N6P/c1-5-38(6-2)40(36-25-15-11-10-14-24(25)29(31,32)33)26-20(3)35-39(23-12-8-7-9-13-23)28(26)34-27(37(40)4)21-16-18-22(30)19-17-21/h7-19H,5-6H2,1-4H3/t40-/m0/s1. The third-order valence-electron chi connectivity index (χ3n) is 6.93. The van der Waals surface area contributed by atoms with Crippen LogP contribution in [0.2, 0.25) is 0 Å². The van der Waals surface area contributed by atoms with Crippen LogP contribution in [0.1, 0.15) is 30.7 Å². The Hall–Kier alpha value is -3.75. The summed E-state index contributed by atoms with van der Waals surface area (Å²) in [7, 11) is -1.38. The van der Waals surface area contributed by atoms with E-state index in [0.29, 0.717) is 41.3 Å². The van der Waals surface area contributed by atoms with E-state index in [2.05, 4.69) is 4.67 Å². The summed E-state index contributed by atoms with van der Waals surface area (Å²) in [6.07, 6.45) is -4.60. The molecule has 0 N–H and O–H groups in total. The van der Waals surface area contributed by atoms with Crippen LogP contribution >= 0.6 is 7.36 Å². The van der Waals surface area contributed by atoms with Gasteiger partial charge in [0.1, 0.15) is 11.7 Å². The van der Waals surface area contributed by atoms with E-state index in [1.807, 2.05) is 55.8 Å². The molecule has 5 rings (SSSR count). The number of para-hydroxylation sites is 1. The molecule has 0 aliphatic carbocycles. The lowest BCUT2D eigenvalue weighted by Crippen LogP contribution is -2.41. The molecule has 0 saturated heterocycles. The number of aliphatic imine (C=N–C) groups is 1. The van der Waals surface area contributed by atoms with Crippen molar-refractivity contribution in [2.24, 2.45) is 9.74 Å². The number of fused-ring (bicyclic) bond motifs is 1. The Labute approximate surface area is 230 Å². The molecule has 6 nitrogen and oxygen atoms in total. The molecule has 1 aliphatic rings. The molecule has 0 radical (unpaired) electrons. The van der Waals surface area contributed by atoms with Gasteiger partial charge in [0.2, 0.25) is 0 Å². The molecular weight excluding hydrogens is 539 g/mol. The van der Waals surface area contributed by atoms with Crippen molar-refractivity contribution in [2.75, 3.05) is 20.1 Å². The zero-order chi connectivity index (χ0) is 28.7. The molecule has 0 saturated carbocycles. The number of halogens is 4. The highest BCUT2D eigenvalue weighted by molar-refractivity contribution is 7.70. The number of alkyl halides is 3. The maximum absolute atomic E-state index is 14.2. The summed E-state index contributed by atoms with van der Waals surface area (Å²) in [5, 5.41) is 5.53. The van der Waals surface area contributed by atoms with E-state index in [9.17, 15) is 17.6 Å². The van der Waals surface area contributed by atoms with Gasteiger partial charge < -0.3 is 4.67 Å². The Balaban J connectivity index is 1.94. The highest BCUT2D eigenvalue weighted by Gasteiger charge is 2.45. The highest BCUT2D eigenvalue weighted by atomic mass is 31.2. The maximum atomic E-state index is 14.2. The minimum atomic E-state index is -4.60. The van der Waals surface area contributed by atoms with Gasteiger partial charge >= 0.3 is 6.18 Å². The Morgan fingerprint density at radius 1 is 0.900 bits per heavy atom. The first kappa shape index (κ1) is 27.8. The van der Waals surface area contributed by atoms with E-state index in [4.69, 9.17) is 14.8 Å². The molecule has 2 heterocycles. The number of amidine groups is 1. The van der Waals surface area contributed by atoms with E-state index in [1.165, 1.54) is 24.3 Å². The number of aryl methyl sites for hydroxylation is 1. The van der Waals surface area contributed by atoms with Crippen LogP contribution in [0.4, 0.5) is 29.1 Å². The Morgan fingerprint density at radius 2 is 1.52 bits per heavy atom. The third-order valence-corrected chi connectivity index (χ3v) is 10.9. The molecule has 11 heteroatoms. The number of benzene rings is 3. The fraction of sp³-hybridized carbons (Fsp3) is 0.241. The van der Waals surface area contributed by atoms with Gasteiger partial charge in [-0.3, -0.25) is 4.67 Å². The normalized spacial score (nSPS) is 17.1. The van der Waals surface area contributed by atoms with E-state index < -0.39 is 24.9 Å². The van der Waals surface area contributed by atoms with Gasteiger partial charge in [-0.25, -0.2) is 18.8 Å². The number of nitrogens with zero attached hydrogens (tertiary/aromatic N) is 6. The van der Waals surface area contributed by atoms with Crippen molar-refractivity contribution in [3.05, 3.63) is 102 Å². The van der Waals surface area contributed by atoms with Crippen LogP contribution in [-0.4, -0.2) is 45.1 Å². The predicted octanol–water partition coefficient (Wildman–Crippen LogP) is 7.69. The molecule has 208 valence electrons. The van der Waals surface area contributed by atoms with Crippen LogP contribution in [0.15, 0.2) is 88.6 Å². The van der Waals surface area contributed by atoms with Gasteiger partial charge in [-0.15, -0.1) is 0 Å². The molecule has 1 atom stereocenters. The number of hydrogen-bond acceptors (Lipinski definition) is 3. The maximum Gasteiger partial charge on any atom is 0.418 e. The van der Waals surface area contributed by atoms with Gasteiger partial charge in [0.15, 0.2) is 13.2 Å². The first-order valence-electron chi connectivity index (χ1n) is 12.9. The molecule has 40 heavy (non-hydrogen) atoms. The topological polar surface area (TPSA) is 49.0 Å². The summed E-state index contributed by atoms with van der Waals surface area (Å²) < 4.78 is 67.3. The van der Waals surface area contributed by atoms with Crippen molar-refractivity contribution < 1.29 is 17.6 Å². The lowest BCUT2D eigenvalue weighted by atomic mass is 10.2. The molecule has 1 aliphatic heterocycles. The van der Waals surface area contributed by atoms with Gasteiger partial charge in [0, 0.05) is 25.7 Å². The van der Waals surface area contributed by atoms with Crippen molar-refractivity contribution in [3.63, 3.8) is 0 Å². The fourth-order valence-electron chi connectivity index (χ4n) is 5.09. The lowest BCUT2D eigenvalue weighted by molar-refractivity contribution is -0.137. The van der Waals surface area contributed by atoms with E-state index in [-0.39, 0.29) is 5.69 Å². The zero-order valence-corrected chi connectivity index (χ0v) is 23.5. The second-order valence-corrected chi connectivity index (χ2v) is 12.2. The third kappa shape index (κ3) is 4.65. The van der Waals surface area contributed by atoms with E-state index >= 15 is 0 Å². The minimum absolute atomic E-state index is 0.153. The largest absolute Gasteiger partial charge is 0.418 e. The molecule has 0 fully saturated rings. The van der Waals surface area contributed by atoms with Gasteiger partial charge in [-0.2, -0.15) is 18.3 Å². The Kier molecular flexibility index (Phi) is 7.42. The van der Waals surface area contributed by atoms with Crippen molar-refractivity contribution in [2.45, 2.75) is 26.9 Å². The molecule has 1 aromatic heterocycles. The number of rotatable bonds is 6. The summed E-state index contributed by atoms with van der Waals surface area (Å²) in [4.78, 5) is 5.02. The molecular formula is C29H29F4N6P. The van der Waals surface area contributed by atoms with Gasteiger partial charge in [0.25, 0.3) is 0 Å². The van der Waals surface area contributed by atoms with Crippen molar-refractivity contribution in [1.82, 2.24) is 19.1 Å². The smallest absolute Gasteiger partial charge is 0.310 e. The van der Waals surface area contributed by atoms with E-state index in [1.54, 1.807) is 29.9 Å². The second-order valence-electron chi connectivity index (χ2n) is 9.29. The number of aromatic nitrogens is 2. The van der Waals surface area contributed by atoms with Crippen molar-refractivity contribution >= 4 is 30.0 Å². The Morgan fingerprint density at radius 3 is 2.15 bits per heavy atom. The molecule has 0 amide bonds. The molecule has 0 bridgehead atoms. The van der Waals surface area contributed by atoms with Gasteiger partial charge in [-0.05, 0) is 55.5 Å². The fourth-order valence-corrected chi connectivity index (χ4v) is 9.00. The number of hydrogen-bond donors (Lipinski definition) is 0. The quantitative estimate of drug-likeness (QED) is 0.177. The molecule has 0 spiro atoms. The average Bonchev–Trinajstić information content (AvgIpc) is 3.28. The summed E-state index contributed by atoms with van der Waals surface area (Å²) in [6.45, 7) is 6.79. The van der Waals surface area contributed by atoms with Gasteiger partial charge in [0.05, 0.1) is 27.9 Å². The Bertz CT molecular complexity index is 1610. The summed E-state index contributed by atoms with van der Waals surface area (Å²) in [5.74, 6) is 0.565. The van der Waals surface area contributed by atoms with Crippen LogP contribution < -0.4 is 5.30 Å². The zero-order valence-electron chi connectivity index (χ0n) is 22.6. The van der Waals surface area contributed by atoms with Crippen LogP contribution in [0.25, 0.3) is 5.69 Å². The minimum Gasteiger partial charge on any atom is -0.310 e. The summed E-state index contributed by atoms with van der Waals surface area (Å²) in [6, 6.07) is 20.8. The van der Waals surface area contributed by atoms with Gasteiger partial charge in [-0.1, -0.05) is 44.2 Å². The monoisotopic (exact) mass is 568 g/mol. The summed E-state index contributed by atoms with van der Waals surface area (Å²) >= 11 is 0. The predicted molar refractivity (Wildman–Crippen MR) is 152 cm³/mol. The summed E-state index contributed by atoms with van der Waals surface area (Å²) in [5.41, 5.74) is 1.03. The lowest BCUT2D eigenvalue weighted by Gasteiger charge is -2.45. The molecule has 0 unspecified atom stereocenters. The van der Waals surface area contributed by atoms with Crippen LogP contribution in [0.5, 0.6) is 0 Å². The SMILES string of the molecule is CCN(CC)[P@]1(=Nc2ccccc2C(F)(F)F)c2c(C)nn(-c3ccccc3)c2N=C(c2ccc(F)cc2)N1C. The van der Waals surface area contributed by atoms with Crippen LogP contribution in [0.3, 0.4) is 0 Å².